The third-order valence-electron chi connectivity index (χ3n) is 8.86. The highest BCUT2D eigenvalue weighted by atomic mass is 35.5. The fourth-order valence-corrected chi connectivity index (χ4v) is 7.22. The van der Waals surface area contributed by atoms with Crippen molar-refractivity contribution >= 4 is 70.0 Å². The van der Waals surface area contributed by atoms with Gasteiger partial charge in [-0.05, 0) is 68.1 Å². The van der Waals surface area contributed by atoms with Crippen molar-refractivity contribution in [1.82, 2.24) is 19.6 Å². The Bertz CT molecular complexity index is 1470. The number of methoxy groups -OCH3 is 1. The summed E-state index contributed by atoms with van der Waals surface area (Å²) in [4.78, 5) is 51.3. The number of esters is 1. The summed E-state index contributed by atoms with van der Waals surface area (Å²) in [5.41, 5.74) is 1.86. The predicted molar refractivity (Wildman–Crippen MR) is 187 cm³/mol. The van der Waals surface area contributed by atoms with E-state index in [0.29, 0.717) is 63.8 Å². The van der Waals surface area contributed by atoms with Crippen LogP contribution in [-0.4, -0.2) is 128 Å². The number of hydrogen-bond acceptors (Lipinski definition) is 8. The lowest BCUT2D eigenvalue weighted by Gasteiger charge is -2.44. The Morgan fingerprint density at radius 2 is 1.69 bits per heavy atom. The van der Waals surface area contributed by atoms with Gasteiger partial charge in [-0.25, -0.2) is 9.59 Å². The van der Waals surface area contributed by atoms with Gasteiger partial charge in [-0.1, -0.05) is 57.6 Å². The van der Waals surface area contributed by atoms with Gasteiger partial charge < -0.3 is 34.3 Å². The highest BCUT2D eigenvalue weighted by Crippen LogP contribution is 2.31. The molecule has 2 aliphatic rings. The summed E-state index contributed by atoms with van der Waals surface area (Å²) in [5, 5.41) is 15.7. The van der Waals surface area contributed by atoms with E-state index in [4.69, 9.17) is 56.0 Å². The van der Waals surface area contributed by atoms with Gasteiger partial charge in [0.15, 0.2) is 6.04 Å². The first-order valence-corrected chi connectivity index (χ1v) is 17.2. The first-order valence-electron chi connectivity index (χ1n) is 15.7. The smallest absolute Gasteiger partial charge is 0.331 e. The van der Waals surface area contributed by atoms with Gasteiger partial charge in [0.25, 0.3) is 5.91 Å². The summed E-state index contributed by atoms with van der Waals surface area (Å²) in [6.45, 7) is 2.89. The summed E-state index contributed by atoms with van der Waals surface area (Å²) in [7, 11) is 4.39. The van der Waals surface area contributed by atoms with Crippen molar-refractivity contribution in [2.75, 3.05) is 67.1 Å². The van der Waals surface area contributed by atoms with E-state index in [1.54, 1.807) is 31.3 Å². The molecule has 0 saturated carbocycles. The maximum absolute atomic E-state index is 13.4. The zero-order chi connectivity index (χ0) is 35.0. The number of piperidine rings is 1. The number of carbonyl (C=O) groups excluding carboxylic acids is 3. The van der Waals surface area contributed by atoms with Crippen LogP contribution in [0.15, 0.2) is 41.6 Å². The summed E-state index contributed by atoms with van der Waals surface area (Å²) < 4.78 is 4.81. The average molecular weight is 746 g/mol. The molecular formula is C33H41Cl4N5O6. The largest absolute Gasteiger partial charge is 0.467 e. The second-order valence-electron chi connectivity index (χ2n) is 11.9. The molecule has 2 heterocycles. The van der Waals surface area contributed by atoms with Crippen LogP contribution < -0.4 is 0 Å². The number of aliphatic hydroxyl groups is 1. The molecule has 2 aliphatic heterocycles. The van der Waals surface area contributed by atoms with E-state index >= 15 is 0 Å². The van der Waals surface area contributed by atoms with E-state index in [2.05, 4.69) is 10.1 Å². The molecular weight excluding hydrogens is 704 g/mol. The molecule has 2 unspecified atom stereocenters. The number of aliphatic hydroxyl groups excluding tert-OH is 1. The number of nitrogens with zero attached hydrogens (tertiary/aromatic N) is 5. The second-order valence-corrected chi connectivity index (χ2v) is 13.6. The number of hydrogen-bond donors (Lipinski definition) is 1. The number of carbonyl (C=O) groups is 3. The van der Waals surface area contributed by atoms with Crippen LogP contribution in [0.5, 0.6) is 0 Å². The lowest BCUT2D eigenvalue weighted by Crippen LogP contribution is -2.60. The van der Waals surface area contributed by atoms with Crippen molar-refractivity contribution in [1.29, 1.82) is 0 Å². The topological polar surface area (TPSA) is 115 Å². The molecule has 15 heteroatoms. The molecule has 11 nitrogen and oxygen atoms in total. The van der Waals surface area contributed by atoms with Crippen LogP contribution in [0.3, 0.4) is 0 Å². The van der Waals surface area contributed by atoms with Crippen molar-refractivity contribution in [3.63, 3.8) is 0 Å². The molecule has 1 N–H and O–H groups in total. The zero-order valence-electron chi connectivity index (χ0n) is 27.2. The molecule has 0 spiro atoms. The van der Waals surface area contributed by atoms with Crippen LogP contribution in [-0.2, 0) is 14.4 Å². The Labute approximate surface area is 301 Å². The zero-order valence-corrected chi connectivity index (χ0v) is 30.2. The molecule has 3 amide bonds. The van der Waals surface area contributed by atoms with Crippen LogP contribution in [0.25, 0.3) is 0 Å². The van der Waals surface area contributed by atoms with E-state index in [1.807, 2.05) is 17.0 Å². The molecule has 48 heavy (non-hydrogen) atoms. The quantitative estimate of drug-likeness (QED) is 0.160. The molecule has 0 radical (unpaired) electrons. The van der Waals surface area contributed by atoms with Gasteiger partial charge in [-0.3, -0.25) is 4.79 Å². The number of ether oxygens (including phenoxy) is 1. The van der Waals surface area contributed by atoms with Crippen molar-refractivity contribution in [2.45, 2.75) is 43.7 Å². The molecule has 2 atom stereocenters. The average Bonchev–Trinajstić information content (AvgIpc) is 3.06. The fourth-order valence-electron chi connectivity index (χ4n) is 6.39. The lowest BCUT2D eigenvalue weighted by molar-refractivity contribution is -0.148. The Morgan fingerprint density at radius 1 is 1.00 bits per heavy atom. The van der Waals surface area contributed by atoms with E-state index < -0.39 is 18.6 Å². The SMILES string of the molecule is CO/N=C(\CN(C)C(=O)c1cc(Cl)cc(Cl)c1)C(CCN1CCC(N2CCCN(C(CO)C(=O)OC)C2=O)CC1)c1ccc(Cl)c(Cl)c1. The fraction of sp³-hybridized carbons (Fsp3) is 0.515. The van der Waals surface area contributed by atoms with Gasteiger partial charge in [0.05, 0.1) is 36.0 Å². The molecule has 262 valence electrons. The molecule has 2 saturated heterocycles. The molecule has 2 aromatic rings. The third kappa shape index (κ3) is 9.46. The van der Waals surface area contributed by atoms with E-state index in [0.717, 1.165) is 31.5 Å². The normalized spacial score (nSPS) is 17.7. The van der Waals surface area contributed by atoms with E-state index in [1.165, 1.54) is 24.0 Å². The molecule has 4 rings (SSSR count). The molecule has 0 bridgehead atoms. The number of benzene rings is 2. The van der Waals surface area contributed by atoms with Gasteiger partial charge in [0.1, 0.15) is 7.11 Å². The second kappa shape index (κ2) is 17.7. The maximum atomic E-state index is 13.4. The maximum Gasteiger partial charge on any atom is 0.331 e. The van der Waals surface area contributed by atoms with E-state index in [9.17, 15) is 19.5 Å². The van der Waals surface area contributed by atoms with Crippen LogP contribution in [0.2, 0.25) is 20.1 Å². The number of urea groups is 1. The summed E-state index contributed by atoms with van der Waals surface area (Å²) in [5.74, 6) is -1.16. The summed E-state index contributed by atoms with van der Waals surface area (Å²) >= 11 is 25.0. The molecule has 2 fully saturated rings. The van der Waals surface area contributed by atoms with Gasteiger partial charge in [-0.15, -0.1) is 0 Å². The van der Waals surface area contributed by atoms with Crippen molar-refractivity contribution in [2.24, 2.45) is 5.16 Å². The number of likely N-dealkylation sites (tertiary alicyclic amines) is 1. The predicted octanol–water partition coefficient (Wildman–Crippen LogP) is 5.67. The van der Waals surface area contributed by atoms with Gasteiger partial charge in [0, 0.05) is 60.8 Å². The Kier molecular flexibility index (Phi) is 14.0. The van der Waals surface area contributed by atoms with Crippen LogP contribution in [0.1, 0.15) is 47.5 Å². The van der Waals surface area contributed by atoms with Crippen molar-refractivity contribution < 1.29 is 29.1 Å². The number of oxime groups is 1. The molecule has 0 aliphatic carbocycles. The lowest BCUT2D eigenvalue weighted by atomic mass is 9.89. The highest BCUT2D eigenvalue weighted by Gasteiger charge is 2.39. The van der Waals surface area contributed by atoms with Crippen molar-refractivity contribution in [3.8, 4) is 0 Å². The molecule has 0 aromatic heterocycles. The van der Waals surface area contributed by atoms with Gasteiger partial charge >= 0.3 is 12.0 Å². The van der Waals surface area contributed by atoms with E-state index in [-0.39, 0.29) is 30.4 Å². The van der Waals surface area contributed by atoms with Gasteiger partial charge in [-0.2, -0.15) is 0 Å². The minimum Gasteiger partial charge on any atom is -0.467 e. The highest BCUT2D eigenvalue weighted by molar-refractivity contribution is 6.42. The Balaban J connectivity index is 1.45. The van der Waals surface area contributed by atoms with Crippen LogP contribution >= 0.6 is 46.4 Å². The first-order chi connectivity index (χ1) is 23.0. The van der Waals surface area contributed by atoms with Crippen LogP contribution in [0, 0.1) is 0 Å². The minimum absolute atomic E-state index is 0.0182. The third-order valence-corrected chi connectivity index (χ3v) is 10.0. The molecule has 2 aromatic carbocycles. The first kappa shape index (κ1) is 38.0. The Morgan fingerprint density at radius 3 is 2.29 bits per heavy atom. The summed E-state index contributed by atoms with van der Waals surface area (Å²) in [6.07, 6.45) is 2.87. The van der Waals surface area contributed by atoms with Crippen LogP contribution in [0.4, 0.5) is 4.79 Å². The number of halogens is 4. The standard InChI is InChI=1S/C33H41Cl4N5O6/c1-39(31(44)22-15-23(34)18-24(35)16-22)19-29(38-48-3)26(21-5-6-27(36)28(37)17-21)9-14-40-12-7-25(8-13-40)41-10-4-11-42(33(41)46)30(20-43)32(45)47-2/h5-6,15-18,25-26,30,43H,4,7-14,19-20H2,1-3H3/b38-29+. The number of rotatable bonds is 13. The van der Waals surface area contributed by atoms with Gasteiger partial charge in [0.2, 0.25) is 0 Å². The minimum atomic E-state index is -1.01. The monoisotopic (exact) mass is 743 g/mol. The number of amides is 3. The van der Waals surface area contributed by atoms with Crippen molar-refractivity contribution in [3.05, 3.63) is 67.6 Å². The summed E-state index contributed by atoms with van der Waals surface area (Å²) in [6, 6.07) is 8.92. The Hall–Kier alpha value is -2.80.